The molecule has 490 valence electrons. The van der Waals surface area contributed by atoms with Crippen molar-refractivity contribution in [1.29, 1.82) is 0 Å². The fraction of sp³-hybridized carbons (Fsp3) is 0.982. The first kappa shape index (κ1) is 70.0. The minimum atomic E-state index is -1.25. The van der Waals surface area contributed by atoms with Crippen LogP contribution in [-0.2, 0) is 137 Å². The molecular weight excluding hydrogens is 1120 g/mol. The lowest BCUT2D eigenvalue weighted by Crippen LogP contribution is -2.69. The first-order valence-corrected chi connectivity index (χ1v) is 28.3. The van der Waals surface area contributed by atoms with Crippen molar-refractivity contribution in [3.05, 3.63) is 0 Å². The molecule has 30 atom stereocenters. The summed E-state index contributed by atoms with van der Waals surface area (Å²) in [5.41, 5.74) is 0. The average molecular weight is 1220 g/mol. The van der Waals surface area contributed by atoms with E-state index in [0.29, 0.717) is 0 Å². The molecule has 22 aliphatic rings. The third-order valence-corrected chi connectivity index (χ3v) is 17.1. The normalized spacial score (nSPS) is 46.0. The van der Waals surface area contributed by atoms with Gasteiger partial charge in [-0.2, -0.15) is 0 Å². The van der Waals surface area contributed by atoms with E-state index in [0.717, 1.165) is 6.29 Å². The van der Waals surface area contributed by atoms with Crippen molar-refractivity contribution >= 4 is 6.29 Å². The second-order valence-electron chi connectivity index (χ2n) is 21.5. The van der Waals surface area contributed by atoms with Gasteiger partial charge < -0.3 is 137 Å². The fourth-order valence-corrected chi connectivity index (χ4v) is 13.3. The van der Waals surface area contributed by atoms with Crippen LogP contribution in [0.4, 0.5) is 0 Å². The summed E-state index contributed by atoms with van der Waals surface area (Å²) < 4.78 is 179. The quantitative estimate of drug-likeness (QED) is 0.107. The number of rotatable bonds is 24. The number of hydrogen-bond acceptors (Lipinski definition) is 29. The Morgan fingerprint density at radius 2 is 0.524 bits per heavy atom. The Balaban J connectivity index is 1.35. The van der Waals surface area contributed by atoms with Crippen LogP contribution >= 0.6 is 0 Å². The molecule has 22 fully saturated rings. The van der Waals surface area contributed by atoms with Crippen molar-refractivity contribution in [2.45, 2.75) is 178 Å². The van der Waals surface area contributed by atoms with Gasteiger partial charge in [-0.3, -0.25) is 0 Å². The summed E-state index contributed by atoms with van der Waals surface area (Å²) in [6.45, 7) is 0.0999. The molecule has 21 heterocycles. The van der Waals surface area contributed by atoms with Gasteiger partial charge in [-0.25, -0.2) is 0 Å². The third kappa shape index (κ3) is 15.0. The van der Waals surface area contributed by atoms with Gasteiger partial charge in [-0.1, -0.05) is 0 Å². The molecule has 30 unspecified atom stereocenters. The smallest absolute Gasteiger partial charge is 0.187 e. The largest absolute Gasteiger partial charge is 0.384 e. The fourth-order valence-electron chi connectivity index (χ4n) is 13.3. The average Bonchev–Trinajstić information content (AvgIpc) is 3.44. The van der Waals surface area contributed by atoms with Gasteiger partial charge in [0.15, 0.2) is 31.5 Å². The number of ether oxygens (including phenoxy) is 28. The minimum absolute atomic E-state index is 0.00528. The molecule has 0 spiro atoms. The van der Waals surface area contributed by atoms with Crippen LogP contribution in [0.1, 0.15) is 6.42 Å². The summed E-state index contributed by atoms with van der Waals surface area (Å²) in [6, 6.07) is 0. The van der Waals surface area contributed by atoms with Crippen LogP contribution < -0.4 is 0 Å². The Morgan fingerprint density at radius 1 is 0.274 bits per heavy atom. The molecule has 21 aliphatic heterocycles. The van der Waals surface area contributed by atoms with Gasteiger partial charge >= 0.3 is 0 Å². The van der Waals surface area contributed by atoms with Crippen LogP contribution in [0.5, 0.6) is 0 Å². The molecule has 22 rings (SSSR count). The number of aldehydes is 1. The van der Waals surface area contributed by atoms with E-state index in [-0.39, 0.29) is 46.1 Å². The van der Waals surface area contributed by atoms with Crippen LogP contribution in [0.25, 0.3) is 0 Å². The van der Waals surface area contributed by atoms with Gasteiger partial charge in [0.05, 0.1) is 63.9 Å². The SMILES string of the molecule is COCC1CC2OC3C(COC)OC(OC4C(COC)OC(OC5C(COC)OC(OC6C(COC)OC(OC7C(COC)OC(OC1C(OC)C2OC)C(OC)C7OC)C(OC)C6OC)C(OC)C5OC)C(OC)C4OC)C(OC)C3C=O. The summed E-state index contributed by atoms with van der Waals surface area (Å²) in [4.78, 5) is 13.7. The van der Waals surface area contributed by atoms with Gasteiger partial charge in [-0.05, 0) is 6.42 Å². The molecule has 0 aromatic heterocycles. The van der Waals surface area contributed by atoms with Crippen LogP contribution in [0, 0.1) is 11.8 Å². The van der Waals surface area contributed by atoms with E-state index < -0.39 is 184 Å². The zero-order valence-corrected chi connectivity index (χ0v) is 51.7. The Morgan fingerprint density at radius 3 is 0.786 bits per heavy atom. The minimum Gasteiger partial charge on any atom is -0.384 e. The molecule has 0 N–H and O–H groups in total. The molecular formula is C55H96O29. The highest BCUT2D eigenvalue weighted by Crippen LogP contribution is 2.43. The van der Waals surface area contributed by atoms with Gasteiger partial charge in [0.25, 0.3) is 0 Å². The molecule has 12 bridgehead atoms. The molecule has 0 amide bonds. The predicted octanol–water partition coefficient (Wildman–Crippen LogP) is -0.817. The Hall–Kier alpha value is -1.45. The van der Waals surface area contributed by atoms with Crippen molar-refractivity contribution in [3.8, 4) is 0 Å². The number of carbonyl (C=O) groups excluding carboxylic acids is 1. The first-order valence-electron chi connectivity index (χ1n) is 28.3. The molecule has 29 nitrogen and oxygen atoms in total. The number of hydrogen-bond donors (Lipinski definition) is 0. The zero-order valence-electron chi connectivity index (χ0n) is 51.7. The van der Waals surface area contributed by atoms with Crippen LogP contribution in [-0.4, -0.2) is 339 Å². The van der Waals surface area contributed by atoms with Crippen LogP contribution in [0.3, 0.4) is 0 Å². The molecule has 1 aliphatic carbocycles. The lowest BCUT2D eigenvalue weighted by molar-refractivity contribution is -0.401. The van der Waals surface area contributed by atoms with Crippen molar-refractivity contribution in [2.75, 3.05) is 161 Å². The van der Waals surface area contributed by atoms with E-state index in [1.807, 2.05) is 0 Å². The molecule has 21 saturated heterocycles. The Labute approximate surface area is 493 Å². The highest BCUT2D eigenvalue weighted by atomic mass is 16.8. The van der Waals surface area contributed by atoms with Crippen LogP contribution in [0.15, 0.2) is 0 Å². The summed E-state index contributed by atoms with van der Waals surface area (Å²) >= 11 is 0. The van der Waals surface area contributed by atoms with Gasteiger partial charge in [-0.15, -0.1) is 0 Å². The standard InChI is InChI=1S/C55H96O29/c1-57-20-26-18-28-37(64-8)42(65-9)34(26)80-52-47(70-14)44(67-11)39(31(76-52)23-60-4)82-54-49(72-16)46(69-13)41(33(78-54)25-62-6)84-55-50(73-17)45(68-12)40(32(79-55)24-61-5)83-53-48(71-15)43(66-10)38(30(77-53)22-59-3)81-51-36(63-7)27(19-56)35(74-28)29(75-51)21-58-2/h19,26-55H,18,20-25H2,1-17H3. The van der Waals surface area contributed by atoms with Crippen LogP contribution in [0.2, 0.25) is 0 Å². The van der Waals surface area contributed by atoms with E-state index in [2.05, 4.69) is 0 Å². The van der Waals surface area contributed by atoms with Gasteiger partial charge in [0.2, 0.25) is 0 Å². The highest BCUT2D eigenvalue weighted by Gasteiger charge is 2.61. The topological polar surface area (TPSA) is 276 Å². The maximum Gasteiger partial charge on any atom is 0.187 e. The summed E-state index contributed by atoms with van der Waals surface area (Å²) in [5, 5.41) is 0. The monoisotopic (exact) mass is 1220 g/mol. The van der Waals surface area contributed by atoms with Crippen molar-refractivity contribution in [2.24, 2.45) is 11.8 Å². The van der Waals surface area contributed by atoms with E-state index in [4.69, 9.17) is 133 Å². The zero-order chi connectivity index (χ0) is 60.8. The molecule has 0 aromatic rings. The van der Waals surface area contributed by atoms with E-state index >= 15 is 0 Å². The predicted molar refractivity (Wildman–Crippen MR) is 284 cm³/mol. The van der Waals surface area contributed by atoms with E-state index in [1.165, 1.54) is 99.5 Å². The Kier molecular flexibility index (Phi) is 28.4. The van der Waals surface area contributed by atoms with Gasteiger partial charge in [0, 0.05) is 127 Å². The van der Waals surface area contributed by atoms with E-state index in [1.54, 1.807) is 21.3 Å². The molecule has 0 radical (unpaired) electrons. The Bertz CT molecular complexity index is 1860. The van der Waals surface area contributed by atoms with Gasteiger partial charge in [0.1, 0.15) is 128 Å². The lowest BCUT2D eigenvalue weighted by atomic mass is 9.80. The van der Waals surface area contributed by atoms with Crippen molar-refractivity contribution < 1.29 is 137 Å². The number of methoxy groups -OCH3 is 17. The van der Waals surface area contributed by atoms with Crippen molar-refractivity contribution in [1.82, 2.24) is 0 Å². The van der Waals surface area contributed by atoms with E-state index in [9.17, 15) is 4.79 Å². The lowest BCUT2D eigenvalue weighted by Gasteiger charge is -2.53. The molecule has 29 heteroatoms. The second-order valence-corrected chi connectivity index (χ2v) is 21.5. The summed E-state index contributed by atoms with van der Waals surface area (Å²) in [7, 11) is 25.8. The molecule has 0 aromatic carbocycles. The second kappa shape index (κ2) is 34.1. The molecule has 1 saturated carbocycles. The highest BCUT2D eigenvalue weighted by molar-refractivity contribution is 5.56. The first-order chi connectivity index (χ1) is 40.9. The maximum absolute atomic E-state index is 13.7. The summed E-state index contributed by atoms with van der Waals surface area (Å²) in [5.74, 6) is -1.45. The number of carbonyl (C=O) groups is 1. The third-order valence-electron chi connectivity index (χ3n) is 17.1. The maximum atomic E-state index is 13.7. The van der Waals surface area contributed by atoms with Crippen molar-refractivity contribution in [3.63, 3.8) is 0 Å². The molecule has 84 heavy (non-hydrogen) atoms. The summed E-state index contributed by atoms with van der Waals surface area (Å²) in [6.07, 6.45) is -26.1.